The molecule has 0 radical (unpaired) electrons. The van der Waals surface area contributed by atoms with E-state index in [4.69, 9.17) is 28.7 Å². The van der Waals surface area contributed by atoms with Gasteiger partial charge in [-0.3, -0.25) is 19.3 Å². The molecule has 6 aromatic rings. The summed E-state index contributed by atoms with van der Waals surface area (Å²) in [5.41, 5.74) is 6.39. The standard InChI is InChI=1S/C60H76F3N9O10S2/c1-40(42-14-16-44(17-15-42)52-41(2)65-39-84-52)66-55(76)49-33-47(73)34-72(49)35-50(58(3,4)5)68-51(74)36-81-31-30-80-29-28-79-27-26-78-25-24-77-23-22-71-20-18-59(19-21-71,57-67-48(37-83-57)43-10-7-6-8-11-43)38-64-54(75)46-13-9-12-45(32-46)53-69-56(82-70-53)60(61,62)63/h6-17,32,37,39-40,47,49-50,73H,18-31,33-36,38H2,1-5H3,(H,64,75)(H,66,76)(H,68,74)/t40-,47+,49-,50+/m0/s1. The van der Waals surface area contributed by atoms with Crippen LogP contribution in [0, 0.1) is 12.3 Å². The third-order valence-corrected chi connectivity index (χ3v) is 17.1. The maximum Gasteiger partial charge on any atom is 0.471 e. The van der Waals surface area contributed by atoms with Crippen LogP contribution in [0.25, 0.3) is 33.1 Å². The van der Waals surface area contributed by atoms with Gasteiger partial charge in [-0.2, -0.15) is 18.2 Å². The number of aliphatic hydroxyl groups is 1. The highest BCUT2D eigenvalue weighted by molar-refractivity contribution is 7.13. The Hall–Kier alpha value is -6.06. The number of hydrogen-bond acceptors (Lipinski definition) is 18. The van der Waals surface area contributed by atoms with Gasteiger partial charge in [-0.1, -0.05) is 92.7 Å². The highest BCUT2D eigenvalue weighted by Crippen LogP contribution is 2.39. The van der Waals surface area contributed by atoms with Gasteiger partial charge in [-0.15, -0.1) is 22.7 Å². The average Bonchev–Trinajstić information content (AvgIpc) is 4.52. The molecule has 4 N–H and O–H groups in total. The topological polar surface area (TPSA) is 225 Å². The number of ether oxygens (including phenoxy) is 5. The lowest BCUT2D eigenvalue weighted by Gasteiger charge is -2.40. The van der Waals surface area contributed by atoms with Crippen molar-refractivity contribution in [3.8, 4) is 33.1 Å². The zero-order valence-corrected chi connectivity index (χ0v) is 49.8. The van der Waals surface area contributed by atoms with Gasteiger partial charge in [0.05, 0.1) is 99.4 Å². The molecule has 3 aromatic heterocycles. The SMILES string of the molecule is Cc1ncsc1-c1ccc([C@H](C)NC(=O)[C@@H]2C[C@@H](O)CN2C[C@@H](NC(=O)COCCOCCOCCOCCOCCN2CCC(CNC(=O)c3cccc(-c4noc(C(F)(F)F)n4)c3)(c3nc(-c4ccccc4)cs3)CC2)C(C)(C)C)cc1. The monoisotopic (exact) mass is 1200 g/mol. The number of hydrogen-bond donors (Lipinski definition) is 4. The molecule has 2 saturated heterocycles. The largest absolute Gasteiger partial charge is 0.471 e. The summed E-state index contributed by atoms with van der Waals surface area (Å²) >= 11 is 3.16. The van der Waals surface area contributed by atoms with Crippen molar-refractivity contribution in [3.05, 3.63) is 117 Å². The fraction of sp³-hybridized carbons (Fsp3) is 0.517. The number of carbonyl (C=O) groups is 3. The van der Waals surface area contributed by atoms with Crippen molar-refractivity contribution in [2.45, 2.75) is 89.7 Å². The van der Waals surface area contributed by atoms with Gasteiger partial charge in [-0.25, -0.2) is 9.97 Å². The quantitative estimate of drug-likeness (QED) is 0.0314. The van der Waals surface area contributed by atoms with Gasteiger partial charge in [-0.05, 0) is 74.9 Å². The van der Waals surface area contributed by atoms with Gasteiger partial charge in [0.2, 0.25) is 17.6 Å². The molecular weight excluding hydrogens is 1130 g/mol. The molecule has 3 aromatic carbocycles. The third kappa shape index (κ3) is 18.2. The molecule has 0 saturated carbocycles. The Morgan fingerprint density at radius 3 is 2.10 bits per heavy atom. The minimum Gasteiger partial charge on any atom is -0.392 e. The first-order valence-corrected chi connectivity index (χ1v) is 30.1. The summed E-state index contributed by atoms with van der Waals surface area (Å²) in [5.74, 6) is -2.56. The van der Waals surface area contributed by atoms with Gasteiger partial charge in [0.15, 0.2) is 0 Å². The number of β-amino-alcohol motifs (C(OH)–C–C–N with tert-alkyl or cyclic N) is 1. The van der Waals surface area contributed by atoms with E-state index in [0.717, 1.165) is 63.9 Å². The van der Waals surface area contributed by atoms with Crippen LogP contribution in [0.15, 0.2) is 94.3 Å². The van der Waals surface area contributed by atoms with Crippen LogP contribution in [0.1, 0.15) is 85.5 Å². The van der Waals surface area contributed by atoms with Crippen LogP contribution >= 0.6 is 22.7 Å². The van der Waals surface area contributed by atoms with Crippen LogP contribution in [0.2, 0.25) is 0 Å². The molecule has 2 aliphatic rings. The number of nitrogens with zero attached hydrogens (tertiary/aromatic N) is 6. The molecule has 84 heavy (non-hydrogen) atoms. The Labute approximate surface area is 496 Å². The molecule has 2 aliphatic heterocycles. The first-order chi connectivity index (χ1) is 40.3. The van der Waals surface area contributed by atoms with Crippen molar-refractivity contribution in [2.75, 3.05) is 105 Å². The minimum absolute atomic E-state index is 0.151. The summed E-state index contributed by atoms with van der Waals surface area (Å²) in [6.07, 6.45) is -3.69. The molecule has 5 heterocycles. The number of piperidine rings is 1. The van der Waals surface area contributed by atoms with Crippen LogP contribution in [0.3, 0.4) is 0 Å². The van der Waals surface area contributed by atoms with Gasteiger partial charge >= 0.3 is 12.1 Å². The van der Waals surface area contributed by atoms with E-state index in [-0.39, 0.29) is 72.0 Å². The Balaban J connectivity index is 0.662. The Bertz CT molecular complexity index is 3020. The summed E-state index contributed by atoms with van der Waals surface area (Å²) < 4.78 is 72.3. The van der Waals surface area contributed by atoms with Gasteiger partial charge in [0.25, 0.3) is 5.91 Å². The number of carbonyl (C=O) groups excluding carboxylic acids is 3. The number of likely N-dealkylation sites (tertiary alicyclic amines) is 2. The summed E-state index contributed by atoms with van der Waals surface area (Å²) in [4.78, 5) is 58.6. The van der Waals surface area contributed by atoms with E-state index >= 15 is 0 Å². The average molecular weight is 1200 g/mol. The van der Waals surface area contributed by atoms with E-state index in [1.807, 2.05) is 105 Å². The number of halogens is 3. The van der Waals surface area contributed by atoms with Crippen molar-refractivity contribution < 1.29 is 60.9 Å². The number of aromatic nitrogens is 4. The lowest BCUT2D eigenvalue weighted by atomic mass is 9.78. The van der Waals surface area contributed by atoms with E-state index in [2.05, 4.69) is 40.5 Å². The first-order valence-electron chi connectivity index (χ1n) is 28.3. The summed E-state index contributed by atoms with van der Waals surface area (Å²) in [5, 5.41) is 26.4. The number of rotatable bonds is 30. The van der Waals surface area contributed by atoms with Gasteiger partial charge in [0, 0.05) is 59.7 Å². The van der Waals surface area contributed by atoms with Crippen molar-refractivity contribution in [1.82, 2.24) is 45.9 Å². The molecule has 0 spiro atoms. The van der Waals surface area contributed by atoms with Crippen molar-refractivity contribution in [3.63, 3.8) is 0 Å². The maximum absolute atomic E-state index is 13.7. The number of benzene rings is 3. The molecule has 8 rings (SSSR count). The predicted molar refractivity (Wildman–Crippen MR) is 312 cm³/mol. The second-order valence-corrected chi connectivity index (χ2v) is 23.9. The Morgan fingerprint density at radius 1 is 0.810 bits per heavy atom. The molecule has 454 valence electrons. The number of amides is 3. The summed E-state index contributed by atoms with van der Waals surface area (Å²) in [6, 6.07) is 23.0. The smallest absolute Gasteiger partial charge is 0.392 e. The zero-order valence-electron chi connectivity index (χ0n) is 48.2. The second kappa shape index (κ2) is 30.3. The molecule has 0 bridgehead atoms. The molecule has 0 unspecified atom stereocenters. The predicted octanol–water partition coefficient (Wildman–Crippen LogP) is 8.00. The van der Waals surface area contributed by atoms with Crippen molar-refractivity contribution in [1.29, 1.82) is 0 Å². The van der Waals surface area contributed by atoms with E-state index in [0.29, 0.717) is 78.8 Å². The lowest BCUT2D eigenvalue weighted by molar-refractivity contribution is -0.159. The Kier molecular flexibility index (Phi) is 23.1. The molecular formula is C60H76F3N9O10S2. The van der Waals surface area contributed by atoms with E-state index in [1.54, 1.807) is 34.8 Å². The fourth-order valence-electron chi connectivity index (χ4n) is 10.0. The minimum atomic E-state index is -4.79. The molecule has 0 aliphatic carbocycles. The van der Waals surface area contributed by atoms with Crippen molar-refractivity contribution >= 4 is 40.4 Å². The van der Waals surface area contributed by atoms with Crippen LogP contribution in [-0.4, -0.2) is 176 Å². The number of aryl methyl sites for hydroxylation is 1. The molecule has 2 fully saturated rings. The van der Waals surface area contributed by atoms with E-state index in [9.17, 15) is 32.7 Å². The normalized spacial score (nSPS) is 17.5. The highest BCUT2D eigenvalue weighted by atomic mass is 32.1. The van der Waals surface area contributed by atoms with E-state index < -0.39 is 29.6 Å². The number of alkyl halides is 3. The number of thiazole rings is 2. The molecule has 24 heteroatoms. The molecule has 4 atom stereocenters. The van der Waals surface area contributed by atoms with Crippen LogP contribution in [0.5, 0.6) is 0 Å². The third-order valence-electron chi connectivity index (χ3n) is 15.0. The van der Waals surface area contributed by atoms with Crippen LogP contribution in [0.4, 0.5) is 13.2 Å². The summed E-state index contributed by atoms with van der Waals surface area (Å²) in [7, 11) is 0. The fourth-order valence-corrected chi connectivity index (χ4v) is 11.9. The molecule has 3 amide bonds. The first kappa shape index (κ1) is 63.9. The lowest BCUT2D eigenvalue weighted by Crippen LogP contribution is -2.54. The number of aliphatic hydroxyl groups excluding tert-OH is 1. The van der Waals surface area contributed by atoms with Crippen LogP contribution in [-0.2, 0) is 44.9 Å². The van der Waals surface area contributed by atoms with E-state index in [1.165, 1.54) is 12.1 Å². The number of nitrogens with one attached hydrogen (secondary N) is 3. The Morgan fingerprint density at radius 2 is 1.46 bits per heavy atom. The summed E-state index contributed by atoms with van der Waals surface area (Å²) in [6.45, 7) is 16.5. The zero-order chi connectivity index (χ0) is 59.7. The van der Waals surface area contributed by atoms with Gasteiger partial charge in [0.1, 0.15) is 11.6 Å². The van der Waals surface area contributed by atoms with Crippen molar-refractivity contribution in [2.24, 2.45) is 5.41 Å². The maximum atomic E-state index is 13.7. The molecule has 19 nitrogen and oxygen atoms in total. The second-order valence-electron chi connectivity index (χ2n) is 22.2. The van der Waals surface area contributed by atoms with Crippen LogP contribution < -0.4 is 16.0 Å². The van der Waals surface area contributed by atoms with Gasteiger partial charge < -0.3 is 54.2 Å². The highest BCUT2D eigenvalue weighted by Gasteiger charge is 2.42.